The Hall–Kier alpha value is -1.76. The first-order chi connectivity index (χ1) is 12.6. The molecule has 27 heavy (non-hydrogen) atoms. The third-order valence-corrected chi connectivity index (χ3v) is 4.77. The van der Waals surface area contributed by atoms with Gasteiger partial charge in [-0.15, -0.1) is 0 Å². The zero-order chi connectivity index (χ0) is 20.1. The number of rotatable bonds is 9. The lowest BCUT2D eigenvalue weighted by molar-refractivity contribution is -0.203. The summed E-state index contributed by atoms with van der Waals surface area (Å²) in [4.78, 5) is 11.7. The van der Waals surface area contributed by atoms with Crippen LogP contribution in [0.4, 0.5) is 13.2 Å². The van der Waals surface area contributed by atoms with Crippen LogP contribution in [-0.2, 0) is 4.79 Å². The third kappa shape index (κ3) is 5.86. The van der Waals surface area contributed by atoms with Crippen molar-refractivity contribution in [2.45, 2.75) is 77.1 Å². The Bertz CT molecular complexity index is 615. The largest absolute Gasteiger partial charge is 0.494 e. The number of benzene rings is 1. The van der Waals surface area contributed by atoms with E-state index in [4.69, 9.17) is 4.74 Å². The second-order valence-electron chi connectivity index (χ2n) is 7.67. The number of nitrogens with zero attached hydrogens (tertiary/aromatic N) is 1. The maximum Gasteiger partial charge on any atom is 0.409 e. The van der Waals surface area contributed by atoms with Crippen LogP contribution < -0.4 is 10.2 Å². The van der Waals surface area contributed by atoms with Gasteiger partial charge in [0, 0.05) is 12.0 Å². The van der Waals surface area contributed by atoms with Gasteiger partial charge in [-0.2, -0.15) is 18.2 Å². The van der Waals surface area contributed by atoms with Crippen LogP contribution >= 0.6 is 0 Å². The quantitative estimate of drug-likeness (QED) is 0.597. The molecule has 7 heteroatoms. The van der Waals surface area contributed by atoms with E-state index < -0.39 is 23.7 Å². The lowest BCUT2D eigenvalue weighted by Gasteiger charge is -2.37. The van der Waals surface area contributed by atoms with Crippen molar-refractivity contribution in [3.05, 3.63) is 29.8 Å². The Morgan fingerprint density at radius 2 is 1.78 bits per heavy atom. The van der Waals surface area contributed by atoms with Gasteiger partial charge in [0.05, 0.1) is 6.61 Å². The summed E-state index contributed by atoms with van der Waals surface area (Å²) in [6.07, 6.45) is 1.08. The summed E-state index contributed by atoms with van der Waals surface area (Å²) in [7, 11) is 0. The summed E-state index contributed by atoms with van der Waals surface area (Å²) < 4.78 is 46.9. The molecule has 0 saturated carbocycles. The number of carbonyl (C=O) groups excluding carboxylic acids is 1. The van der Waals surface area contributed by atoms with Gasteiger partial charge in [0.1, 0.15) is 5.75 Å². The summed E-state index contributed by atoms with van der Waals surface area (Å²) in [5.41, 5.74) is 1.52. The van der Waals surface area contributed by atoms with E-state index in [-0.39, 0.29) is 12.0 Å². The third-order valence-electron chi connectivity index (χ3n) is 4.77. The van der Waals surface area contributed by atoms with E-state index in [9.17, 15) is 18.0 Å². The monoisotopic (exact) mass is 386 g/mol. The fourth-order valence-corrected chi connectivity index (χ4v) is 3.34. The van der Waals surface area contributed by atoms with Gasteiger partial charge in [-0.25, -0.2) is 0 Å². The van der Waals surface area contributed by atoms with E-state index in [2.05, 4.69) is 12.3 Å². The molecule has 1 aromatic carbocycles. The highest BCUT2D eigenvalue weighted by molar-refractivity contribution is 5.79. The topological polar surface area (TPSA) is 41.6 Å². The van der Waals surface area contributed by atoms with Crippen molar-refractivity contribution in [2.75, 3.05) is 6.61 Å². The number of hydrogen-bond donors (Lipinski definition) is 1. The Labute approximate surface area is 159 Å². The van der Waals surface area contributed by atoms with Gasteiger partial charge in [-0.1, -0.05) is 44.7 Å². The van der Waals surface area contributed by atoms with Gasteiger partial charge in [-0.05, 0) is 38.0 Å². The van der Waals surface area contributed by atoms with Crippen molar-refractivity contribution >= 4 is 5.91 Å². The number of amides is 1. The fraction of sp³-hybridized carbons (Fsp3) is 0.650. The molecule has 1 unspecified atom stereocenters. The molecular formula is C20H29F3N2O2. The lowest BCUT2D eigenvalue weighted by atomic mass is 9.97. The van der Waals surface area contributed by atoms with Gasteiger partial charge < -0.3 is 4.74 Å². The first-order valence-electron chi connectivity index (χ1n) is 9.53. The Morgan fingerprint density at radius 3 is 2.30 bits per heavy atom. The summed E-state index contributed by atoms with van der Waals surface area (Å²) >= 11 is 0. The molecule has 4 nitrogen and oxygen atoms in total. The Kier molecular flexibility index (Phi) is 7.14. The molecule has 1 heterocycles. The molecule has 1 fully saturated rings. The minimum atomic E-state index is -4.52. The van der Waals surface area contributed by atoms with Crippen LogP contribution in [0.25, 0.3) is 0 Å². The molecule has 2 rings (SSSR count). The standard InChI is InChI=1S/C20H29F3N2O2/c1-4-5-6-7-8-13-27-16-11-9-15(10-12-16)18(20(21,22)23)25-19(2,3)14-17(26)24-25/h9-12,18H,4-8,13-14H2,1-3H3,(H,24,26). The van der Waals surface area contributed by atoms with Gasteiger partial charge in [0.15, 0.2) is 6.04 Å². The molecule has 1 saturated heterocycles. The van der Waals surface area contributed by atoms with E-state index in [1.54, 1.807) is 26.0 Å². The molecule has 0 aliphatic carbocycles. The number of hydrogen-bond acceptors (Lipinski definition) is 3. The van der Waals surface area contributed by atoms with Crippen molar-refractivity contribution in [2.24, 2.45) is 0 Å². The summed E-state index contributed by atoms with van der Waals surface area (Å²) in [6.45, 7) is 5.96. The normalized spacial score (nSPS) is 18.4. The average molecular weight is 386 g/mol. The maximum atomic E-state index is 13.8. The van der Waals surface area contributed by atoms with Gasteiger partial charge in [0.2, 0.25) is 5.91 Å². The molecule has 1 atom stereocenters. The van der Waals surface area contributed by atoms with Crippen LogP contribution in [0.3, 0.4) is 0 Å². The van der Waals surface area contributed by atoms with Crippen LogP contribution in [0.5, 0.6) is 5.75 Å². The molecule has 0 aromatic heterocycles. The van der Waals surface area contributed by atoms with Crippen molar-refractivity contribution in [3.8, 4) is 5.75 Å². The fourth-order valence-electron chi connectivity index (χ4n) is 3.34. The van der Waals surface area contributed by atoms with E-state index in [1.165, 1.54) is 31.4 Å². The molecule has 1 aliphatic rings. The first-order valence-corrected chi connectivity index (χ1v) is 9.53. The van der Waals surface area contributed by atoms with Gasteiger partial charge in [-0.3, -0.25) is 10.2 Å². The predicted molar refractivity (Wildman–Crippen MR) is 98.2 cm³/mol. The maximum absolute atomic E-state index is 13.8. The Morgan fingerprint density at radius 1 is 1.15 bits per heavy atom. The second-order valence-corrected chi connectivity index (χ2v) is 7.67. The van der Waals surface area contributed by atoms with Crippen LogP contribution in [0, 0.1) is 0 Å². The predicted octanol–water partition coefficient (Wildman–Crippen LogP) is 5.15. The van der Waals surface area contributed by atoms with Gasteiger partial charge >= 0.3 is 6.18 Å². The molecule has 1 N–H and O–H groups in total. The first kappa shape index (κ1) is 21.5. The van der Waals surface area contributed by atoms with Crippen LogP contribution in [0.1, 0.15) is 70.9 Å². The molecule has 0 radical (unpaired) electrons. The van der Waals surface area contributed by atoms with Crippen molar-refractivity contribution in [1.29, 1.82) is 0 Å². The number of alkyl halides is 3. The highest BCUT2D eigenvalue weighted by Crippen LogP contribution is 2.42. The SMILES string of the molecule is CCCCCCCOc1ccc(C(N2NC(=O)CC2(C)C)C(F)(F)F)cc1. The minimum absolute atomic E-state index is 0.0266. The highest BCUT2D eigenvalue weighted by Gasteiger charge is 2.52. The summed E-state index contributed by atoms with van der Waals surface area (Å²) in [6, 6.07) is 4.06. The molecular weight excluding hydrogens is 357 g/mol. The molecule has 1 aromatic rings. The van der Waals surface area contributed by atoms with Crippen LogP contribution in [-0.4, -0.2) is 29.2 Å². The number of ether oxygens (including phenoxy) is 1. The zero-order valence-electron chi connectivity index (χ0n) is 16.2. The average Bonchev–Trinajstić information content (AvgIpc) is 2.83. The van der Waals surface area contributed by atoms with Crippen molar-refractivity contribution in [1.82, 2.24) is 10.4 Å². The van der Waals surface area contributed by atoms with E-state index in [0.29, 0.717) is 12.4 Å². The molecule has 0 spiro atoms. The number of carbonyl (C=O) groups is 1. The summed E-state index contributed by atoms with van der Waals surface area (Å²) in [5.74, 6) is 0.150. The number of halogens is 3. The van der Waals surface area contributed by atoms with Crippen LogP contribution in [0.15, 0.2) is 24.3 Å². The smallest absolute Gasteiger partial charge is 0.409 e. The van der Waals surface area contributed by atoms with E-state index in [1.807, 2.05) is 0 Å². The molecule has 152 valence electrons. The zero-order valence-corrected chi connectivity index (χ0v) is 16.2. The van der Waals surface area contributed by atoms with Crippen molar-refractivity contribution in [3.63, 3.8) is 0 Å². The van der Waals surface area contributed by atoms with Crippen molar-refractivity contribution < 1.29 is 22.7 Å². The second kappa shape index (κ2) is 8.95. The van der Waals surface area contributed by atoms with Gasteiger partial charge in [0.25, 0.3) is 0 Å². The molecule has 1 aliphatic heterocycles. The molecule has 1 amide bonds. The lowest BCUT2D eigenvalue weighted by Crippen LogP contribution is -2.51. The highest BCUT2D eigenvalue weighted by atomic mass is 19.4. The number of hydrazine groups is 1. The minimum Gasteiger partial charge on any atom is -0.494 e. The number of unbranched alkanes of at least 4 members (excludes halogenated alkanes) is 4. The van der Waals surface area contributed by atoms with E-state index >= 15 is 0 Å². The molecule has 0 bridgehead atoms. The summed E-state index contributed by atoms with van der Waals surface area (Å²) in [5, 5.41) is 1.01. The Balaban J connectivity index is 2.04. The van der Waals surface area contributed by atoms with E-state index in [0.717, 1.165) is 17.9 Å². The number of nitrogens with one attached hydrogen (secondary N) is 1. The van der Waals surface area contributed by atoms with Crippen LogP contribution in [0.2, 0.25) is 0 Å².